The highest BCUT2D eigenvalue weighted by Crippen LogP contribution is 2.26. The second-order valence-electron chi connectivity index (χ2n) is 6.47. The van der Waals surface area contributed by atoms with Crippen molar-refractivity contribution in [2.75, 3.05) is 0 Å². The van der Waals surface area contributed by atoms with Gasteiger partial charge in [0.1, 0.15) is 0 Å². The predicted molar refractivity (Wildman–Crippen MR) is 93.8 cm³/mol. The van der Waals surface area contributed by atoms with E-state index in [9.17, 15) is 0 Å². The maximum atomic E-state index is 2.53. The summed E-state index contributed by atoms with van der Waals surface area (Å²) in [6, 6.07) is 0. The third-order valence-corrected chi connectivity index (χ3v) is 5.70. The van der Waals surface area contributed by atoms with Gasteiger partial charge in [0.25, 0.3) is 0 Å². The molecule has 0 fully saturated rings. The molecule has 21 heavy (non-hydrogen) atoms. The van der Waals surface area contributed by atoms with Crippen molar-refractivity contribution in [2.24, 2.45) is 0 Å². The first-order valence-corrected chi connectivity index (χ1v) is 8.03. The van der Waals surface area contributed by atoms with Gasteiger partial charge in [0.15, 0.2) is 0 Å². The van der Waals surface area contributed by atoms with Crippen LogP contribution in [-0.2, 0) is 0 Å². The third-order valence-electron chi connectivity index (χ3n) is 5.70. The number of hydrogen-bond acceptors (Lipinski definition) is 0. The van der Waals surface area contributed by atoms with Gasteiger partial charge in [-0.1, -0.05) is 6.92 Å². The summed E-state index contributed by atoms with van der Waals surface area (Å²) in [6.07, 6.45) is 1.10. The number of aromatic nitrogens is 2. The quantitative estimate of drug-likeness (QED) is 0.725. The van der Waals surface area contributed by atoms with Crippen molar-refractivity contribution in [3.05, 3.63) is 45.0 Å². The van der Waals surface area contributed by atoms with Crippen LogP contribution in [0.4, 0.5) is 0 Å². The molecule has 2 aromatic rings. The molecule has 2 rings (SSSR count). The normalized spacial score (nSPS) is 11.3. The molecule has 0 unspecified atom stereocenters. The third kappa shape index (κ3) is 2.18. The Morgan fingerprint density at radius 2 is 0.810 bits per heavy atom. The summed E-state index contributed by atoms with van der Waals surface area (Å²) in [5.74, 6) is 0. The molecule has 0 aliphatic carbocycles. The van der Waals surface area contributed by atoms with Crippen molar-refractivity contribution in [1.82, 2.24) is 8.96 Å². The fourth-order valence-electron chi connectivity index (χ4n) is 3.69. The van der Waals surface area contributed by atoms with Crippen molar-refractivity contribution >= 4 is 6.98 Å². The summed E-state index contributed by atoms with van der Waals surface area (Å²) in [7, 11) is 0. The van der Waals surface area contributed by atoms with Gasteiger partial charge in [-0.2, -0.15) is 0 Å². The zero-order chi connectivity index (χ0) is 16.1. The smallest absolute Gasteiger partial charge is 0.373 e. The van der Waals surface area contributed by atoms with Crippen LogP contribution in [0.3, 0.4) is 0 Å². The maximum Gasteiger partial charge on any atom is 0.383 e. The highest BCUT2D eigenvalue weighted by Gasteiger charge is 2.27. The van der Waals surface area contributed by atoms with E-state index in [2.05, 4.69) is 71.3 Å². The zero-order valence-electron chi connectivity index (χ0n) is 15.2. The molecular formula is C18H29BN2. The molecule has 2 aromatic heterocycles. The lowest BCUT2D eigenvalue weighted by molar-refractivity contribution is 0.917. The summed E-state index contributed by atoms with van der Waals surface area (Å²) in [4.78, 5) is 0. The standard InChI is InChI=1S/C18H29BN2/c1-10-19(20-15(6)11(2)12(3)16(20)7)21-17(8)13(4)14(5)18(21)9/h10H2,1-9H3. The second-order valence-corrected chi connectivity index (χ2v) is 6.47. The average Bonchev–Trinajstić information content (AvgIpc) is 2.77. The van der Waals surface area contributed by atoms with Gasteiger partial charge < -0.3 is 8.96 Å². The average molecular weight is 284 g/mol. The minimum absolute atomic E-state index is 0.379. The van der Waals surface area contributed by atoms with E-state index in [1.807, 2.05) is 0 Å². The SMILES string of the molecule is CCB(n1c(C)c(C)c(C)c1C)n1c(C)c(C)c(C)c1C. The summed E-state index contributed by atoms with van der Waals surface area (Å²) in [6.45, 7) is 20.7. The Kier molecular flexibility index (Phi) is 4.14. The molecule has 0 saturated carbocycles. The Morgan fingerprint density at radius 1 is 0.571 bits per heavy atom. The molecule has 2 nitrogen and oxygen atoms in total. The highest BCUT2D eigenvalue weighted by atomic mass is 15.1. The predicted octanol–water partition coefficient (Wildman–Crippen LogP) is 4.66. The van der Waals surface area contributed by atoms with Crippen LogP contribution in [0.2, 0.25) is 6.32 Å². The fourth-order valence-corrected chi connectivity index (χ4v) is 3.69. The second kappa shape index (κ2) is 5.44. The Balaban J connectivity index is 2.73. The van der Waals surface area contributed by atoms with Gasteiger partial charge in [0.2, 0.25) is 0 Å². The first kappa shape index (κ1) is 16.0. The van der Waals surface area contributed by atoms with E-state index >= 15 is 0 Å². The molecule has 114 valence electrons. The van der Waals surface area contributed by atoms with Crippen LogP contribution in [0.25, 0.3) is 0 Å². The molecule has 0 aliphatic rings. The largest absolute Gasteiger partial charge is 0.383 e. The minimum Gasteiger partial charge on any atom is -0.373 e. The van der Waals surface area contributed by atoms with E-state index < -0.39 is 0 Å². The van der Waals surface area contributed by atoms with Gasteiger partial charge in [-0.15, -0.1) is 0 Å². The monoisotopic (exact) mass is 284 g/mol. The lowest BCUT2D eigenvalue weighted by Crippen LogP contribution is -2.36. The molecule has 2 heterocycles. The van der Waals surface area contributed by atoms with Crippen LogP contribution in [0.5, 0.6) is 0 Å². The van der Waals surface area contributed by atoms with Gasteiger partial charge in [-0.25, -0.2) is 0 Å². The molecule has 0 atom stereocenters. The Labute approximate surface area is 130 Å². The van der Waals surface area contributed by atoms with Gasteiger partial charge in [0.05, 0.1) is 0 Å². The summed E-state index contributed by atoms with van der Waals surface area (Å²) in [5.41, 5.74) is 11.3. The molecule has 0 amide bonds. The number of hydrogen-bond donors (Lipinski definition) is 0. The first-order chi connectivity index (χ1) is 9.73. The number of nitrogens with zero attached hydrogens (tertiary/aromatic N) is 2. The van der Waals surface area contributed by atoms with Crippen molar-refractivity contribution < 1.29 is 0 Å². The summed E-state index contributed by atoms with van der Waals surface area (Å²) < 4.78 is 5.06. The number of rotatable bonds is 3. The zero-order valence-corrected chi connectivity index (χ0v) is 15.2. The highest BCUT2D eigenvalue weighted by molar-refractivity contribution is 6.56. The molecule has 0 aromatic carbocycles. The topological polar surface area (TPSA) is 9.86 Å². The Bertz CT molecular complexity index is 580. The van der Waals surface area contributed by atoms with Crippen LogP contribution >= 0.6 is 0 Å². The lowest BCUT2D eigenvalue weighted by atomic mass is 9.70. The molecule has 0 radical (unpaired) electrons. The first-order valence-electron chi connectivity index (χ1n) is 8.03. The molecule has 0 saturated heterocycles. The van der Waals surface area contributed by atoms with E-state index in [0.29, 0.717) is 6.98 Å². The van der Waals surface area contributed by atoms with Crippen molar-refractivity contribution in [1.29, 1.82) is 0 Å². The molecule has 3 heteroatoms. The molecular weight excluding hydrogens is 255 g/mol. The van der Waals surface area contributed by atoms with Crippen LogP contribution in [0.1, 0.15) is 52.0 Å². The van der Waals surface area contributed by atoms with Crippen molar-refractivity contribution in [2.45, 2.75) is 68.6 Å². The van der Waals surface area contributed by atoms with Crippen LogP contribution in [-0.4, -0.2) is 15.9 Å². The maximum absolute atomic E-state index is 2.53. The fraction of sp³-hybridized carbons (Fsp3) is 0.556. The van der Waals surface area contributed by atoms with Gasteiger partial charge >= 0.3 is 6.98 Å². The van der Waals surface area contributed by atoms with Gasteiger partial charge in [-0.05, 0) is 84.0 Å². The summed E-state index contributed by atoms with van der Waals surface area (Å²) in [5, 5.41) is 0. The van der Waals surface area contributed by atoms with E-state index in [1.54, 1.807) is 0 Å². The van der Waals surface area contributed by atoms with E-state index in [4.69, 9.17) is 0 Å². The molecule has 0 bridgehead atoms. The van der Waals surface area contributed by atoms with Crippen LogP contribution in [0, 0.1) is 55.4 Å². The molecule has 0 spiro atoms. The van der Waals surface area contributed by atoms with Crippen LogP contribution < -0.4 is 0 Å². The lowest BCUT2D eigenvalue weighted by Gasteiger charge is -2.23. The molecule has 0 N–H and O–H groups in total. The van der Waals surface area contributed by atoms with Crippen molar-refractivity contribution in [3.8, 4) is 0 Å². The molecule has 0 aliphatic heterocycles. The van der Waals surface area contributed by atoms with Crippen LogP contribution in [0.15, 0.2) is 0 Å². The van der Waals surface area contributed by atoms with E-state index in [-0.39, 0.29) is 0 Å². The summed E-state index contributed by atoms with van der Waals surface area (Å²) >= 11 is 0. The van der Waals surface area contributed by atoms with Crippen molar-refractivity contribution in [3.63, 3.8) is 0 Å². The van der Waals surface area contributed by atoms with E-state index in [0.717, 1.165) is 6.32 Å². The minimum atomic E-state index is 0.379. The Morgan fingerprint density at radius 3 is 1.00 bits per heavy atom. The Hall–Kier alpha value is -1.38. The van der Waals surface area contributed by atoms with Gasteiger partial charge in [-0.3, -0.25) is 0 Å². The van der Waals surface area contributed by atoms with E-state index in [1.165, 1.54) is 45.0 Å². The van der Waals surface area contributed by atoms with Gasteiger partial charge in [0, 0.05) is 22.8 Å².